The molecule has 0 amide bonds. The number of fused-ring (bicyclic) bond motifs is 3. The highest BCUT2D eigenvalue weighted by Crippen LogP contribution is 2.40. The van der Waals surface area contributed by atoms with Crippen LogP contribution in [-0.4, -0.2) is 24.2 Å². The van der Waals surface area contributed by atoms with Crippen molar-refractivity contribution in [3.63, 3.8) is 0 Å². The lowest BCUT2D eigenvalue weighted by atomic mass is 10.0. The topological polar surface area (TPSA) is 72.8 Å². The highest BCUT2D eigenvalue weighted by Gasteiger charge is 2.29. The normalized spacial score (nSPS) is 15.2. The van der Waals surface area contributed by atoms with Crippen molar-refractivity contribution in [1.29, 1.82) is 0 Å². The van der Waals surface area contributed by atoms with E-state index in [1.807, 2.05) is 0 Å². The van der Waals surface area contributed by atoms with Gasteiger partial charge in [0.1, 0.15) is 11.5 Å². The smallest absolute Gasteiger partial charge is 0.344 e. The molecular formula is C15H10O5. The van der Waals surface area contributed by atoms with Crippen molar-refractivity contribution in [2.75, 3.05) is 7.11 Å². The minimum atomic E-state index is -0.615. The van der Waals surface area contributed by atoms with Crippen molar-refractivity contribution < 1.29 is 24.2 Å². The van der Waals surface area contributed by atoms with Gasteiger partial charge >= 0.3 is 11.9 Å². The van der Waals surface area contributed by atoms with Crippen molar-refractivity contribution in [2.24, 2.45) is 0 Å². The van der Waals surface area contributed by atoms with E-state index in [0.717, 1.165) is 11.5 Å². The van der Waals surface area contributed by atoms with E-state index in [4.69, 9.17) is 4.74 Å². The molecule has 0 bridgehead atoms. The minimum Gasteiger partial charge on any atom is -0.508 e. The third-order valence-corrected chi connectivity index (χ3v) is 3.12. The van der Waals surface area contributed by atoms with Gasteiger partial charge in [-0.2, -0.15) is 0 Å². The number of hydrogen-bond acceptors (Lipinski definition) is 5. The summed E-state index contributed by atoms with van der Waals surface area (Å²) in [5.41, 5.74) is 0.709. The van der Waals surface area contributed by atoms with Crippen LogP contribution in [0.5, 0.6) is 11.5 Å². The molecule has 2 aromatic rings. The largest absolute Gasteiger partial charge is 0.508 e. The number of benzene rings is 2. The SMILES string of the molecule is COC(=O)C=C1C(=O)Oc2c1ccc1cc(O)ccc21. The quantitative estimate of drug-likeness (QED) is 0.487. The number of phenols is 1. The number of carbonyl (C=O) groups excluding carboxylic acids is 2. The zero-order chi connectivity index (χ0) is 14.3. The van der Waals surface area contributed by atoms with Gasteiger partial charge in [-0.15, -0.1) is 0 Å². The number of ether oxygens (including phenoxy) is 2. The van der Waals surface area contributed by atoms with Gasteiger partial charge in [0, 0.05) is 17.0 Å². The fraction of sp³-hybridized carbons (Fsp3) is 0.0667. The Kier molecular flexibility index (Phi) is 2.68. The lowest BCUT2D eigenvalue weighted by Crippen LogP contribution is -2.04. The molecule has 5 nitrogen and oxygen atoms in total. The number of carbonyl (C=O) groups is 2. The first kappa shape index (κ1) is 12.2. The Balaban J connectivity index is 2.22. The van der Waals surface area contributed by atoms with E-state index < -0.39 is 11.9 Å². The minimum absolute atomic E-state index is 0.132. The van der Waals surface area contributed by atoms with E-state index in [1.54, 1.807) is 24.3 Å². The number of rotatable bonds is 1. The maximum Gasteiger partial charge on any atom is 0.344 e. The van der Waals surface area contributed by atoms with Crippen LogP contribution in [0.15, 0.2) is 36.4 Å². The summed E-state index contributed by atoms with van der Waals surface area (Å²) in [5, 5.41) is 10.9. The Bertz CT molecular complexity index is 773. The fourth-order valence-electron chi connectivity index (χ4n) is 2.18. The lowest BCUT2D eigenvalue weighted by molar-refractivity contribution is -0.135. The molecule has 1 N–H and O–H groups in total. The van der Waals surface area contributed by atoms with Gasteiger partial charge in [0.25, 0.3) is 0 Å². The monoisotopic (exact) mass is 270 g/mol. The number of esters is 2. The van der Waals surface area contributed by atoms with Crippen LogP contribution in [0.1, 0.15) is 5.56 Å². The third-order valence-electron chi connectivity index (χ3n) is 3.12. The van der Waals surface area contributed by atoms with Crippen LogP contribution in [0.4, 0.5) is 0 Å². The van der Waals surface area contributed by atoms with Crippen LogP contribution in [0.3, 0.4) is 0 Å². The second kappa shape index (κ2) is 4.38. The van der Waals surface area contributed by atoms with Crippen molar-refractivity contribution in [3.8, 4) is 11.5 Å². The van der Waals surface area contributed by atoms with Crippen molar-refractivity contribution in [3.05, 3.63) is 42.0 Å². The molecule has 1 heterocycles. The first-order valence-electron chi connectivity index (χ1n) is 5.88. The highest BCUT2D eigenvalue weighted by molar-refractivity contribution is 6.26. The second-order valence-corrected chi connectivity index (χ2v) is 4.32. The maximum absolute atomic E-state index is 11.8. The molecule has 0 saturated carbocycles. The van der Waals surface area contributed by atoms with Crippen LogP contribution < -0.4 is 4.74 Å². The Morgan fingerprint density at radius 3 is 2.85 bits per heavy atom. The van der Waals surface area contributed by atoms with E-state index in [0.29, 0.717) is 16.7 Å². The van der Waals surface area contributed by atoms with Crippen LogP contribution in [0.25, 0.3) is 16.3 Å². The second-order valence-electron chi connectivity index (χ2n) is 4.32. The molecule has 0 aromatic heterocycles. The van der Waals surface area contributed by atoms with Gasteiger partial charge in [-0.25, -0.2) is 9.59 Å². The highest BCUT2D eigenvalue weighted by atomic mass is 16.5. The zero-order valence-corrected chi connectivity index (χ0v) is 10.5. The molecule has 0 atom stereocenters. The van der Waals surface area contributed by atoms with E-state index in [-0.39, 0.29) is 11.3 Å². The maximum atomic E-state index is 11.8. The molecule has 0 fully saturated rings. The molecule has 100 valence electrons. The first-order chi connectivity index (χ1) is 9.60. The fourth-order valence-corrected chi connectivity index (χ4v) is 2.18. The Hall–Kier alpha value is -2.82. The lowest BCUT2D eigenvalue weighted by Gasteiger charge is -2.03. The summed E-state index contributed by atoms with van der Waals surface area (Å²) in [4.78, 5) is 23.1. The molecule has 2 aromatic carbocycles. The van der Waals surface area contributed by atoms with Gasteiger partial charge < -0.3 is 14.6 Å². The Labute approximate surface area is 114 Å². The molecule has 0 aliphatic carbocycles. The van der Waals surface area contributed by atoms with Crippen LogP contribution >= 0.6 is 0 Å². The van der Waals surface area contributed by atoms with Crippen molar-refractivity contribution >= 4 is 28.3 Å². The van der Waals surface area contributed by atoms with Gasteiger partial charge in [0.2, 0.25) is 0 Å². The average molecular weight is 270 g/mol. The van der Waals surface area contributed by atoms with Crippen LogP contribution in [0, 0.1) is 0 Å². The molecule has 1 aliphatic rings. The van der Waals surface area contributed by atoms with E-state index >= 15 is 0 Å². The number of methoxy groups -OCH3 is 1. The number of phenolic OH excluding ortho intramolecular Hbond substituents is 1. The molecule has 0 spiro atoms. The van der Waals surface area contributed by atoms with Crippen molar-refractivity contribution in [1.82, 2.24) is 0 Å². The summed E-state index contributed by atoms with van der Waals surface area (Å²) in [6, 6.07) is 8.18. The first-order valence-corrected chi connectivity index (χ1v) is 5.88. The molecule has 0 radical (unpaired) electrons. The molecule has 0 unspecified atom stereocenters. The van der Waals surface area contributed by atoms with Gasteiger partial charge in [0.05, 0.1) is 12.7 Å². The van der Waals surface area contributed by atoms with Crippen LogP contribution in [0.2, 0.25) is 0 Å². The van der Waals surface area contributed by atoms with Crippen molar-refractivity contribution in [2.45, 2.75) is 0 Å². The molecular weight excluding hydrogens is 260 g/mol. The standard InChI is InChI=1S/C15H10O5/c1-19-13(17)7-12-11-4-2-8-6-9(16)3-5-10(8)14(11)20-15(12)18/h2-7,16H,1H3. The summed E-state index contributed by atoms with van der Waals surface area (Å²) in [7, 11) is 1.24. The van der Waals surface area contributed by atoms with Crippen LogP contribution in [-0.2, 0) is 14.3 Å². The van der Waals surface area contributed by atoms with Gasteiger partial charge in [-0.1, -0.05) is 6.07 Å². The number of aromatic hydroxyl groups is 1. The van der Waals surface area contributed by atoms with E-state index in [1.165, 1.54) is 13.2 Å². The summed E-state index contributed by atoms with van der Waals surface area (Å²) in [6.45, 7) is 0. The molecule has 5 heteroatoms. The summed E-state index contributed by atoms with van der Waals surface area (Å²) in [5.74, 6) is -0.684. The van der Waals surface area contributed by atoms with Gasteiger partial charge in [-0.3, -0.25) is 0 Å². The molecule has 1 aliphatic heterocycles. The summed E-state index contributed by atoms with van der Waals surface area (Å²) in [6.07, 6.45) is 1.11. The zero-order valence-electron chi connectivity index (χ0n) is 10.5. The van der Waals surface area contributed by atoms with E-state index in [2.05, 4.69) is 4.74 Å². The molecule has 3 rings (SSSR count). The predicted octanol–water partition coefficient (Wildman–Crippen LogP) is 2.02. The number of hydrogen-bond donors (Lipinski definition) is 1. The van der Waals surface area contributed by atoms with Gasteiger partial charge in [-0.05, 0) is 29.7 Å². The third kappa shape index (κ3) is 1.80. The van der Waals surface area contributed by atoms with Gasteiger partial charge in [0.15, 0.2) is 0 Å². The Morgan fingerprint density at radius 1 is 1.30 bits per heavy atom. The van der Waals surface area contributed by atoms with E-state index in [9.17, 15) is 14.7 Å². The Morgan fingerprint density at radius 2 is 2.10 bits per heavy atom. The summed E-state index contributed by atoms with van der Waals surface area (Å²) >= 11 is 0. The molecule has 20 heavy (non-hydrogen) atoms. The predicted molar refractivity (Wildman–Crippen MR) is 71.2 cm³/mol. The molecule has 0 saturated heterocycles. The summed E-state index contributed by atoms with van der Waals surface area (Å²) < 4.78 is 9.74. The average Bonchev–Trinajstić information content (AvgIpc) is 2.75.